The van der Waals surface area contributed by atoms with Crippen LogP contribution in [0.5, 0.6) is 11.5 Å². The molecule has 0 radical (unpaired) electrons. The van der Waals surface area contributed by atoms with Gasteiger partial charge in [-0.1, -0.05) is 103 Å². The second-order valence-electron chi connectivity index (χ2n) is 27.8. The third kappa shape index (κ3) is 32.8. The minimum absolute atomic E-state index is 0.00307. The second kappa shape index (κ2) is 48.2. The van der Waals surface area contributed by atoms with E-state index < -0.39 is 162 Å². The number of nitrogens with one attached hydrogen (secondary N) is 17. The Kier molecular flexibility index (Phi) is 38.3. The van der Waals surface area contributed by atoms with Crippen LogP contribution in [0.2, 0.25) is 0 Å². The highest BCUT2D eigenvalue weighted by molar-refractivity contribution is 7.80. The van der Waals surface area contributed by atoms with Gasteiger partial charge in [-0.2, -0.15) is 12.6 Å². The molecule has 5 aromatic carbocycles. The molecule has 0 bridgehead atoms. The molecule has 31 N–H and O–H groups in total. The number of thiol groups is 1. The summed E-state index contributed by atoms with van der Waals surface area (Å²) in [6.07, 6.45) is -0.264. The van der Waals surface area contributed by atoms with Crippen molar-refractivity contribution in [3.05, 3.63) is 167 Å². The molecule has 0 aliphatic heterocycles. The number of carboxylic acids is 2. The molecule has 10 amide bonds. The van der Waals surface area contributed by atoms with Gasteiger partial charge in [0.05, 0.1) is 12.5 Å². The number of aromatic hydroxyl groups is 2. The maximum Gasteiger partial charge on any atom is 0.326 e. The lowest BCUT2D eigenvalue weighted by Gasteiger charge is -2.28. The van der Waals surface area contributed by atoms with Crippen LogP contribution in [0.1, 0.15) is 92.0 Å². The van der Waals surface area contributed by atoms with Crippen LogP contribution in [0.4, 0.5) is 0 Å². The van der Waals surface area contributed by atoms with E-state index in [9.17, 15) is 58.8 Å². The van der Waals surface area contributed by atoms with Crippen LogP contribution in [-0.4, -0.2) is 213 Å². The fourth-order valence-electron chi connectivity index (χ4n) is 12.4. The van der Waals surface area contributed by atoms with E-state index in [2.05, 4.69) is 86.7 Å². The number of hydrogen-bond acceptors (Lipinski definition) is 20. The van der Waals surface area contributed by atoms with E-state index >= 15 is 19.2 Å². The van der Waals surface area contributed by atoms with Crippen molar-refractivity contribution in [2.24, 2.45) is 28.7 Å². The quantitative estimate of drug-likeness (QED) is 0.00825. The van der Waals surface area contributed by atoms with Crippen LogP contribution in [-0.2, 0) is 89.6 Å². The molecule has 6 rings (SSSR count). The zero-order valence-corrected chi connectivity index (χ0v) is 65.2. The maximum absolute atomic E-state index is 15.1. The van der Waals surface area contributed by atoms with E-state index in [0.717, 1.165) is 0 Å². The summed E-state index contributed by atoms with van der Waals surface area (Å²) in [5.74, 6) is -14.2. The molecule has 0 unspecified atom stereocenters. The first-order valence-corrected chi connectivity index (χ1v) is 38.5. The van der Waals surface area contributed by atoms with Crippen molar-refractivity contribution in [1.29, 1.82) is 16.2 Å². The van der Waals surface area contributed by atoms with E-state index in [0.29, 0.717) is 45.1 Å². The Balaban J connectivity index is 1.28. The molecule has 0 aliphatic carbocycles. The van der Waals surface area contributed by atoms with Crippen LogP contribution in [0.3, 0.4) is 0 Å². The number of aliphatic carboxylic acids is 2. The fraction of sp³-hybridized carbons (Fsp3) is 0.397. The molecule has 11 atom stereocenters. The van der Waals surface area contributed by atoms with Crippen LogP contribution in [0.15, 0.2) is 140 Å². The summed E-state index contributed by atoms with van der Waals surface area (Å²) in [6.45, 7) is 0.205. The van der Waals surface area contributed by atoms with Gasteiger partial charge in [-0.25, -0.2) is 4.79 Å². The third-order valence-electron chi connectivity index (χ3n) is 18.5. The summed E-state index contributed by atoms with van der Waals surface area (Å²) in [5.41, 5.74) is 31.5. The Morgan fingerprint density at radius 3 is 1.03 bits per heavy atom. The summed E-state index contributed by atoms with van der Waals surface area (Å²) in [7, 11) is 0. The van der Waals surface area contributed by atoms with Crippen molar-refractivity contribution in [1.82, 2.24) is 74.1 Å². The van der Waals surface area contributed by atoms with Gasteiger partial charge in [-0.15, -0.1) is 0 Å². The van der Waals surface area contributed by atoms with Crippen LogP contribution in [0.25, 0.3) is 10.9 Å². The predicted octanol–water partition coefficient (Wildman–Crippen LogP) is -2.32. The molecule has 6 aromatic rings. The smallest absolute Gasteiger partial charge is 0.326 e. The van der Waals surface area contributed by atoms with Gasteiger partial charge in [0.15, 0.2) is 17.9 Å². The fourth-order valence-corrected chi connectivity index (χ4v) is 12.6. The molecule has 0 saturated carbocycles. The maximum atomic E-state index is 15.1. The zero-order valence-electron chi connectivity index (χ0n) is 64.3. The van der Waals surface area contributed by atoms with Gasteiger partial charge < -0.3 is 123 Å². The lowest BCUT2D eigenvalue weighted by molar-refractivity contribution is -0.142. The van der Waals surface area contributed by atoms with Crippen molar-refractivity contribution >= 4 is 112 Å². The number of benzene rings is 5. The average Bonchev–Trinajstić information content (AvgIpc) is 1.75. The van der Waals surface area contributed by atoms with Gasteiger partial charge in [-0.05, 0) is 122 Å². The van der Waals surface area contributed by atoms with Crippen molar-refractivity contribution in [2.75, 3.05) is 31.9 Å². The first-order chi connectivity index (χ1) is 55.9. The number of phenolic OH excluding ortho intramolecular Hbond substituents is 2. The highest BCUT2D eigenvalue weighted by atomic mass is 32.1. The largest absolute Gasteiger partial charge is 0.508 e. The van der Waals surface area contributed by atoms with E-state index in [-0.39, 0.29) is 127 Å². The average molecular weight is 1640 g/mol. The summed E-state index contributed by atoms with van der Waals surface area (Å²) >= 11 is 4.40. The Morgan fingerprint density at radius 1 is 0.376 bits per heavy atom. The molecule has 1 heterocycles. The molecule has 1 aromatic heterocycles. The highest BCUT2D eigenvalue weighted by Gasteiger charge is 2.37. The molecule has 38 nitrogen and oxygen atoms in total. The number of hydrogen-bond donors (Lipinski definition) is 27. The van der Waals surface area contributed by atoms with Gasteiger partial charge in [-0.3, -0.25) is 69.0 Å². The number of para-hydroxylation sites is 1. The number of aromatic nitrogens is 1. The topological polar surface area (TPSA) is 660 Å². The number of nitrogens with two attached hydrogens (primary N) is 5. The lowest BCUT2D eigenvalue weighted by Crippen LogP contribution is -2.61. The number of aromatic amines is 1. The highest BCUT2D eigenvalue weighted by Crippen LogP contribution is 2.21. The second-order valence-corrected chi connectivity index (χ2v) is 28.1. The number of carboxylic acid groups (broad SMARTS) is 2. The number of carbonyl (C=O) groups excluding carboxylic acids is 10. The van der Waals surface area contributed by atoms with Crippen molar-refractivity contribution in [3.63, 3.8) is 0 Å². The monoisotopic (exact) mass is 1640 g/mol. The van der Waals surface area contributed by atoms with Crippen LogP contribution in [0, 0.1) is 16.2 Å². The number of H-pyrrole nitrogens is 1. The Morgan fingerprint density at radius 2 is 0.684 bits per heavy atom. The Hall–Kier alpha value is -13.0. The van der Waals surface area contributed by atoms with Crippen LogP contribution >= 0.6 is 12.6 Å². The molecule has 39 heteroatoms. The molecule has 630 valence electrons. The third-order valence-corrected chi connectivity index (χ3v) is 18.9. The van der Waals surface area contributed by atoms with E-state index in [1.165, 1.54) is 48.5 Å². The van der Waals surface area contributed by atoms with Crippen molar-refractivity contribution < 1.29 is 78.0 Å². The normalized spacial score (nSPS) is 13.8. The SMILES string of the molecule is N=C(N)NCCC[C@H](NC(=O)[C@H](Cc1ccc(O)cc1)NC(=O)[C@@H](CCCCN)NC(=O)[C@@H](CCCNC(=N)N)NC(=O)[C@H](Cc1ccccc1)NC(=O)[C@H](CS)NC(=O)[C@@H](Cc1ccccc1)NC(=O)[C@H](CCCNC(=N)N)NC(=O)[C@@H](N)CC(=O)O)C(=O)N[C@H](Cc1ccc(O)cc1)C(=O)N[C@@H](Cc1c[nH]c2ccccc12)C(=O)O. The summed E-state index contributed by atoms with van der Waals surface area (Å²) in [5, 5.41) is 98.3. The van der Waals surface area contributed by atoms with Gasteiger partial charge in [0.2, 0.25) is 59.1 Å². The number of fused-ring (bicyclic) bond motifs is 1. The minimum Gasteiger partial charge on any atom is -0.508 e. The first kappa shape index (κ1) is 92.8. The lowest BCUT2D eigenvalue weighted by atomic mass is 10.0. The number of unbranched alkanes of at least 4 members (excludes halogenated alkanes) is 1. The van der Waals surface area contributed by atoms with Crippen molar-refractivity contribution in [3.8, 4) is 11.5 Å². The number of carbonyl (C=O) groups is 12. The Bertz CT molecular complexity index is 4360. The molecule has 0 saturated heterocycles. The van der Waals surface area contributed by atoms with E-state index in [1.807, 2.05) is 0 Å². The number of phenols is 2. The van der Waals surface area contributed by atoms with Gasteiger partial charge in [0.1, 0.15) is 71.9 Å². The van der Waals surface area contributed by atoms with Gasteiger partial charge in [0.25, 0.3) is 0 Å². The molecule has 117 heavy (non-hydrogen) atoms. The predicted molar refractivity (Wildman–Crippen MR) is 437 cm³/mol. The summed E-state index contributed by atoms with van der Waals surface area (Å²) < 4.78 is 0. The van der Waals surface area contributed by atoms with Gasteiger partial charge in [0, 0.05) is 74.6 Å². The number of amides is 10. The summed E-state index contributed by atoms with van der Waals surface area (Å²) in [4.78, 5) is 174. The van der Waals surface area contributed by atoms with Crippen molar-refractivity contribution in [2.45, 2.75) is 163 Å². The molecular weight excluding hydrogens is 1530 g/mol. The number of guanidine groups is 3. The Labute approximate surface area is 680 Å². The van der Waals surface area contributed by atoms with Crippen LogP contribution < -0.4 is 97.8 Å². The number of rotatable bonds is 50. The van der Waals surface area contributed by atoms with Gasteiger partial charge >= 0.3 is 11.9 Å². The summed E-state index contributed by atoms with van der Waals surface area (Å²) in [6, 6.07) is 18.2. The standard InChI is InChI=1S/C78H106N22O16S/c79-32-10-9-20-54(67(107)96-60(38-46-24-28-49(101)29-25-46)71(111)94-57(23-13-35-89-78(85)86)69(109)97-61(39-47-26-30-50(102)31-27-47)72(112)99-62(75(115)116)40-48-42-90-53-19-8-7-18-51(48)53)92-66(106)56(22-12-34-88-77(83)84)93-70(110)58(36-44-14-3-1-4-15-44)98-74(114)63(43-117)100-73(113)59(37-45-16-5-2-6-17-45)95-68(108)55(21-11-33-87-76(81)82)91-65(105)52(80)41-64(103)104/h1-8,14-19,24-31,42,52,54-63,90,101-102,117H,9-13,20-23,32-41,43,79-80H2,(H,91,105)(H,92,106)(H,93,110)(H,94,111)(H,95,108)(H,96,107)(H,97,109)(H,98,114)(H,99,112)(H,100,113)(H,103,104)(H,115,116)(H4,81,82,87)(H4,83,84,88)(H4,85,86,89)/t52-,54+,55-,56+,57-,58-,59+,60-,61+,62-,63-/m0/s1. The molecular formula is C78H106N22O16S. The molecule has 0 aliphatic rings. The molecule has 0 fully saturated rings. The molecule has 0 spiro atoms. The minimum atomic E-state index is -1.61. The zero-order chi connectivity index (χ0) is 85.5. The van der Waals surface area contributed by atoms with E-state index in [4.69, 9.17) is 44.9 Å². The first-order valence-electron chi connectivity index (χ1n) is 37.9. The van der Waals surface area contributed by atoms with E-state index in [1.54, 1.807) is 91.1 Å².